The minimum Gasteiger partial charge on any atom is -0.395 e. The van der Waals surface area contributed by atoms with Crippen molar-refractivity contribution in [1.82, 2.24) is 10.2 Å². The number of amides is 1. The van der Waals surface area contributed by atoms with Gasteiger partial charge in [-0.15, -0.1) is 0 Å². The molecule has 1 aromatic carbocycles. The predicted octanol–water partition coefficient (Wildman–Crippen LogP) is 1.32. The Morgan fingerprint density at radius 1 is 1.37 bits per heavy atom. The van der Waals surface area contributed by atoms with E-state index in [1.54, 1.807) is 0 Å². The molecule has 0 aliphatic carbocycles. The summed E-state index contributed by atoms with van der Waals surface area (Å²) in [6.07, 6.45) is 2.86. The van der Waals surface area contributed by atoms with Crippen LogP contribution in [0.5, 0.6) is 0 Å². The molecule has 1 atom stereocenters. The molecule has 1 amide bonds. The highest BCUT2D eigenvalue weighted by Crippen LogP contribution is 2.31. The van der Waals surface area contributed by atoms with E-state index < -0.39 is 0 Å². The summed E-state index contributed by atoms with van der Waals surface area (Å²) >= 11 is 0. The van der Waals surface area contributed by atoms with Gasteiger partial charge in [-0.2, -0.15) is 0 Å². The van der Waals surface area contributed by atoms with Gasteiger partial charge >= 0.3 is 0 Å². The lowest BCUT2D eigenvalue weighted by molar-refractivity contribution is -0.121. The van der Waals surface area contributed by atoms with Crippen molar-refractivity contribution in [2.45, 2.75) is 25.3 Å². The fourth-order valence-corrected chi connectivity index (χ4v) is 2.68. The third-order valence-electron chi connectivity index (χ3n) is 3.61. The summed E-state index contributed by atoms with van der Waals surface area (Å²) < 4.78 is 0. The van der Waals surface area contributed by atoms with Gasteiger partial charge in [0.1, 0.15) is 0 Å². The van der Waals surface area contributed by atoms with E-state index in [4.69, 9.17) is 5.11 Å². The summed E-state index contributed by atoms with van der Waals surface area (Å²) in [5.41, 5.74) is 1.34. The fourth-order valence-electron chi connectivity index (χ4n) is 2.68. The monoisotopic (exact) mass is 262 g/mol. The van der Waals surface area contributed by atoms with Crippen LogP contribution in [0.1, 0.15) is 30.9 Å². The lowest BCUT2D eigenvalue weighted by Crippen LogP contribution is -2.32. The van der Waals surface area contributed by atoms with Crippen molar-refractivity contribution in [1.29, 1.82) is 0 Å². The van der Waals surface area contributed by atoms with Crippen LogP contribution >= 0.6 is 0 Å². The lowest BCUT2D eigenvalue weighted by atomic mass is 10.0. The van der Waals surface area contributed by atoms with Crippen LogP contribution in [-0.4, -0.2) is 42.2 Å². The van der Waals surface area contributed by atoms with Crippen LogP contribution in [0, 0.1) is 0 Å². The standard InChI is InChI=1S/C15H22N2O2/c18-12-9-16-15(19)8-11-17-10-4-7-14(17)13-5-2-1-3-6-13/h1-3,5-6,14,18H,4,7-12H2,(H,16,19). The van der Waals surface area contributed by atoms with Gasteiger partial charge in [-0.25, -0.2) is 0 Å². The van der Waals surface area contributed by atoms with Crippen molar-refractivity contribution < 1.29 is 9.90 Å². The van der Waals surface area contributed by atoms with Gasteiger partial charge in [-0.3, -0.25) is 9.69 Å². The Morgan fingerprint density at radius 2 is 2.16 bits per heavy atom. The SMILES string of the molecule is O=C(CCN1CCCC1c1ccccc1)NCCO. The van der Waals surface area contributed by atoms with Crippen molar-refractivity contribution >= 4 is 5.91 Å². The first-order chi connectivity index (χ1) is 9.31. The molecule has 1 heterocycles. The maximum absolute atomic E-state index is 11.6. The molecule has 4 nitrogen and oxygen atoms in total. The lowest BCUT2D eigenvalue weighted by Gasteiger charge is -2.24. The van der Waals surface area contributed by atoms with E-state index in [9.17, 15) is 4.79 Å². The van der Waals surface area contributed by atoms with Crippen molar-refractivity contribution in [3.63, 3.8) is 0 Å². The molecule has 2 N–H and O–H groups in total. The molecule has 0 radical (unpaired) electrons. The molecule has 0 bridgehead atoms. The molecular formula is C15H22N2O2. The molecule has 0 aromatic heterocycles. The topological polar surface area (TPSA) is 52.6 Å². The van der Waals surface area contributed by atoms with Gasteiger partial charge in [0.25, 0.3) is 0 Å². The Morgan fingerprint density at radius 3 is 2.89 bits per heavy atom. The number of rotatable bonds is 6. The van der Waals surface area contributed by atoms with Crippen LogP contribution in [0.25, 0.3) is 0 Å². The van der Waals surface area contributed by atoms with E-state index in [-0.39, 0.29) is 12.5 Å². The smallest absolute Gasteiger partial charge is 0.221 e. The third kappa shape index (κ3) is 4.04. The van der Waals surface area contributed by atoms with Gasteiger partial charge in [0, 0.05) is 25.6 Å². The first-order valence-electron chi connectivity index (χ1n) is 6.98. The second-order valence-electron chi connectivity index (χ2n) is 4.93. The van der Waals surface area contributed by atoms with Gasteiger partial charge in [-0.1, -0.05) is 30.3 Å². The van der Waals surface area contributed by atoms with E-state index in [1.165, 1.54) is 18.4 Å². The highest BCUT2D eigenvalue weighted by molar-refractivity contribution is 5.76. The molecule has 4 heteroatoms. The van der Waals surface area contributed by atoms with E-state index in [0.29, 0.717) is 19.0 Å². The molecule has 1 aliphatic rings. The second-order valence-corrected chi connectivity index (χ2v) is 4.93. The quantitative estimate of drug-likeness (QED) is 0.813. The average molecular weight is 262 g/mol. The zero-order chi connectivity index (χ0) is 13.5. The number of aliphatic hydroxyl groups excluding tert-OH is 1. The maximum Gasteiger partial charge on any atom is 0.221 e. The largest absolute Gasteiger partial charge is 0.395 e. The fraction of sp³-hybridized carbons (Fsp3) is 0.533. The number of aliphatic hydroxyl groups is 1. The van der Waals surface area contributed by atoms with Crippen LogP contribution in [0.15, 0.2) is 30.3 Å². The summed E-state index contributed by atoms with van der Waals surface area (Å²) in [7, 11) is 0. The molecule has 0 spiro atoms. The number of nitrogens with one attached hydrogen (secondary N) is 1. The van der Waals surface area contributed by atoms with E-state index in [0.717, 1.165) is 13.1 Å². The molecule has 104 valence electrons. The van der Waals surface area contributed by atoms with E-state index in [1.807, 2.05) is 6.07 Å². The number of likely N-dealkylation sites (tertiary alicyclic amines) is 1. The van der Waals surface area contributed by atoms with Crippen molar-refractivity contribution in [3.8, 4) is 0 Å². The van der Waals surface area contributed by atoms with Crippen molar-refractivity contribution in [2.75, 3.05) is 26.2 Å². The van der Waals surface area contributed by atoms with Crippen LogP contribution < -0.4 is 5.32 Å². The van der Waals surface area contributed by atoms with E-state index >= 15 is 0 Å². The molecule has 1 aromatic rings. The summed E-state index contributed by atoms with van der Waals surface area (Å²) in [4.78, 5) is 13.9. The number of carbonyl (C=O) groups excluding carboxylic acids is 1. The minimum absolute atomic E-state index is 0.00208. The Hall–Kier alpha value is -1.39. The third-order valence-corrected chi connectivity index (χ3v) is 3.61. The normalized spacial score (nSPS) is 19.5. The van der Waals surface area contributed by atoms with Crippen LogP contribution in [0.2, 0.25) is 0 Å². The zero-order valence-corrected chi connectivity index (χ0v) is 11.2. The highest BCUT2D eigenvalue weighted by atomic mass is 16.3. The minimum atomic E-state index is 0.00208. The van der Waals surface area contributed by atoms with Gasteiger partial charge in [-0.05, 0) is 24.9 Å². The molecule has 19 heavy (non-hydrogen) atoms. The average Bonchev–Trinajstić information content (AvgIpc) is 2.92. The predicted molar refractivity (Wildman–Crippen MR) is 74.7 cm³/mol. The maximum atomic E-state index is 11.6. The molecule has 1 aliphatic heterocycles. The Kier molecular flexibility index (Phi) is 5.36. The number of nitrogens with zero attached hydrogens (tertiary/aromatic N) is 1. The van der Waals surface area contributed by atoms with Crippen LogP contribution in [-0.2, 0) is 4.79 Å². The van der Waals surface area contributed by atoms with E-state index in [2.05, 4.69) is 34.5 Å². The van der Waals surface area contributed by atoms with Gasteiger partial charge in [0.15, 0.2) is 0 Å². The number of benzene rings is 1. The zero-order valence-electron chi connectivity index (χ0n) is 11.2. The molecule has 2 rings (SSSR count). The summed E-state index contributed by atoms with van der Waals surface area (Å²) in [5, 5.41) is 11.4. The first kappa shape index (κ1) is 14.0. The van der Waals surface area contributed by atoms with Crippen molar-refractivity contribution in [2.24, 2.45) is 0 Å². The highest BCUT2D eigenvalue weighted by Gasteiger charge is 2.25. The molecule has 0 saturated carbocycles. The second kappa shape index (κ2) is 7.26. The first-order valence-corrected chi connectivity index (χ1v) is 6.98. The van der Waals surface area contributed by atoms with Gasteiger partial charge in [0.2, 0.25) is 5.91 Å². The Labute approximate surface area is 114 Å². The molecular weight excluding hydrogens is 240 g/mol. The Balaban J connectivity index is 1.84. The van der Waals surface area contributed by atoms with Crippen LogP contribution in [0.4, 0.5) is 0 Å². The molecule has 1 fully saturated rings. The number of hydrogen-bond acceptors (Lipinski definition) is 3. The summed E-state index contributed by atoms with van der Waals surface area (Å²) in [5.74, 6) is 0.0211. The summed E-state index contributed by atoms with van der Waals surface area (Å²) in [6.45, 7) is 2.20. The molecule has 1 unspecified atom stereocenters. The van der Waals surface area contributed by atoms with Crippen LogP contribution in [0.3, 0.4) is 0 Å². The number of hydrogen-bond donors (Lipinski definition) is 2. The van der Waals surface area contributed by atoms with Gasteiger partial charge < -0.3 is 10.4 Å². The molecule has 1 saturated heterocycles. The summed E-state index contributed by atoms with van der Waals surface area (Å²) in [6, 6.07) is 10.9. The van der Waals surface area contributed by atoms with Gasteiger partial charge in [0.05, 0.1) is 6.61 Å². The van der Waals surface area contributed by atoms with Crippen molar-refractivity contribution in [3.05, 3.63) is 35.9 Å². The Bertz CT molecular complexity index is 394. The number of carbonyl (C=O) groups is 1.